The lowest BCUT2D eigenvalue weighted by Gasteiger charge is -2.02. The van der Waals surface area contributed by atoms with Crippen LogP contribution < -0.4 is 0 Å². The first-order chi connectivity index (χ1) is 5.52. The third-order valence-electron chi connectivity index (χ3n) is 1.51. The monoisotopic (exact) mass is 178 g/mol. The van der Waals surface area contributed by atoms with E-state index in [4.69, 9.17) is 0 Å². The van der Waals surface area contributed by atoms with Gasteiger partial charge in [-0.05, 0) is 12.3 Å². The highest BCUT2D eigenvalue weighted by Gasteiger charge is 2.07. The summed E-state index contributed by atoms with van der Waals surface area (Å²) >= 11 is 0. The van der Waals surface area contributed by atoms with Crippen LogP contribution in [0.15, 0.2) is 0 Å². The SMILES string of the molecule is CC(C)CC(=O)CCCC(F)F. The fourth-order valence-electron chi connectivity index (χ4n) is 1.01. The van der Waals surface area contributed by atoms with E-state index in [2.05, 4.69) is 0 Å². The van der Waals surface area contributed by atoms with Gasteiger partial charge in [0.25, 0.3) is 0 Å². The molecule has 0 bridgehead atoms. The van der Waals surface area contributed by atoms with Gasteiger partial charge in [0.1, 0.15) is 5.78 Å². The molecular formula is C9H16F2O. The minimum atomic E-state index is -2.27. The van der Waals surface area contributed by atoms with Crippen LogP contribution in [-0.4, -0.2) is 12.2 Å². The molecule has 0 atom stereocenters. The molecule has 0 aromatic heterocycles. The quantitative estimate of drug-likeness (QED) is 0.611. The van der Waals surface area contributed by atoms with E-state index >= 15 is 0 Å². The van der Waals surface area contributed by atoms with Crippen molar-refractivity contribution in [2.45, 2.75) is 46.0 Å². The molecule has 0 heterocycles. The molecular weight excluding hydrogens is 162 g/mol. The highest BCUT2D eigenvalue weighted by Crippen LogP contribution is 2.09. The van der Waals surface area contributed by atoms with Gasteiger partial charge in [-0.3, -0.25) is 4.79 Å². The van der Waals surface area contributed by atoms with Crippen LogP contribution in [0.4, 0.5) is 8.78 Å². The Morgan fingerprint density at radius 1 is 1.33 bits per heavy atom. The van der Waals surface area contributed by atoms with E-state index in [1.165, 1.54) is 0 Å². The van der Waals surface area contributed by atoms with E-state index in [-0.39, 0.29) is 12.2 Å². The summed E-state index contributed by atoms with van der Waals surface area (Å²) in [5.41, 5.74) is 0. The Kier molecular flexibility index (Phi) is 5.85. The summed E-state index contributed by atoms with van der Waals surface area (Å²) in [7, 11) is 0. The second kappa shape index (κ2) is 6.09. The molecule has 0 N–H and O–H groups in total. The third kappa shape index (κ3) is 7.63. The van der Waals surface area contributed by atoms with Crippen molar-refractivity contribution in [2.24, 2.45) is 5.92 Å². The van der Waals surface area contributed by atoms with Crippen molar-refractivity contribution in [2.75, 3.05) is 0 Å². The van der Waals surface area contributed by atoms with Crippen molar-refractivity contribution in [3.05, 3.63) is 0 Å². The third-order valence-corrected chi connectivity index (χ3v) is 1.51. The zero-order valence-corrected chi connectivity index (χ0v) is 7.65. The van der Waals surface area contributed by atoms with E-state index in [0.29, 0.717) is 25.2 Å². The van der Waals surface area contributed by atoms with E-state index in [1.54, 1.807) is 0 Å². The molecule has 3 heteroatoms. The molecule has 0 unspecified atom stereocenters. The van der Waals surface area contributed by atoms with Crippen LogP contribution >= 0.6 is 0 Å². The van der Waals surface area contributed by atoms with Gasteiger partial charge in [-0.15, -0.1) is 0 Å². The van der Waals surface area contributed by atoms with Crippen molar-refractivity contribution in [3.63, 3.8) is 0 Å². The minimum absolute atomic E-state index is 0.102. The van der Waals surface area contributed by atoms with Gasteiger partial charge in [0.2, 0.25) is 6.43 Å². The topological polar surface area (TPSA) is 17.1 Å². The van der Waals surface area contributed by atoms with E-state index in [0.717, 1.165) is 0 Å². The molecule has 0 aliphatic rings. The Labute approximate surface area is 72.2 Å². The second-order valence-electron chi connectivity index (χ2n) is 3.42. The van der Waals surface area contributed by atoms with Crippen molar-refractivity contribution in [1.82, 2.24) is 0 Å². The molecule has 0 amide bonds. The molecule has 0 saturated heterocycles. The maximum atomic E-state index is 11.6. The van der Waals surface area contributed by atoms with Crippen molar-refractivity contribution < 1.29 is 13.6 Å². The summed E-state index contributed by atoms with van der Waals surface area (Å²) in [6.45, 7) is 3.90. The second-order valence-corrected chi connectivity index (χ2v) is 3.42. The maximum absolute atomic E-state index is 11.6. The Hall–Kier alpha value is -0.470. The van der Waals surface area contributed by atoms with Gasteiger partial charge in [0.05, 0.1) is 0 Å². The Morgan fingerprint density at radius 2 is 1.92 bits per heavy atom. The first-order valence-electron chi connectivity index (χ1n) is 4.32. The summed E-state index contributed by atoms with van der Waals surface area (Å²) in [4.78, 5) is 11.0. The summed E-state index contributed by atoms with van der Waals surface area (Å²) in [5.74, 6) is 0.440. The van der Waals surface area contributed by atoms with Crippen molar-refractivity contribution in [1.29, 1.82) is 0 Å². The molecule has 0 saturated carbocycles. The lowest BCUT2D eigenvalue weighted by molar-refractivity contribution is -0.119. The number of carbonyl (C=O) groups is 1. The maximum Gasteiger partial charge on any atom is 0.238 e. The lowest BCUT2D eigenvalue weighted by Crippen LogP contribution is -2.03. The predicted octanol–water partition coefficient (Wildman–Crippen LogP) is 3.04. The standard InChI is InChI=1S/C9H16F2O/c1-7(2)6-8(12)4-3-5-9(10)11/h7,9H,3-6H2,1-2H3. The van der Waals surface area contributed by atoms with Gasteiger partial charge in [0.15, 0.2) is 0 Å². The first-order valence-corrected chi connectivity index (χ1v) is 4.32. The molecule has 0 fully saturated rings. The highest BCUT2D eigenvalue weighted by atomic mass is 19.3. The Balaban J connectivity index is 3.32. The number of alkyl halides is 2. The largest absolute Gasteiger partial charge is 0.300 e. The van der Waals surface area contributed by atoms with Gasteiger partial charge in [0, 0.05) is 19.3 Å². The van der Waals surface area contributed by atoms with E-state index < -0.39 is 6.43 Å². The van der Waals surface area contributed by atoms with Gasteiger partial charge in [-0.2, -0.15) is 0 Å². The fraction of sp³-hybridized carbons (Fsp3) is 0.889. The summed E-state index contributed by atoms with van der Waals surface area (Å²) in [5, 5.41) is 0. The van der Waals surface area contributed by atoms with Crippen LogP contribution in [0.2, 0.25) is 0 Å². The number of hydrogen-bond donors (Lipinski definition) is 0. The molecule has 0 aliphatic heterocycles. The number of hydrogen-bond acceptors (Lipinski definition) is 1. The predicted molar refractivity (Wildman–Crippen MR) is 44.3 cm³/mol. The van der Waals surface area contributed by atoms with Gasteiger partial charge < -0.3 is 0 Å². The number of halogens is 2. The molecule has 12 heavy (non-hydrogen) atoms. The summed E-state index contributed by atoms with van der Waals surface area (Å²) in [6.07, 6.45) is -1.27. The molecule has 0 aromatic carbocycles. The first kappa shape index (κ1) is 11.5. The minimum Gasteiger partial charge on any atom is -0.300 e. The Morgan fingerprint density at radius 3 is 2.33 bits per heavy atom. The van der Waals surface area contributed by atoms with Crippen LogP contribution in [0.25, 0.3) is 0 Å². The van der Waals surface area contributed by atoms with Crippen LogP contribution in [0.5, 0.6) is 0 Å². The van der Waals surface area contributed by atoms with Crippen LogP contribution in [0.1, 0.15) is 39.5 Å². The molecule has 72 valence electrons. The van der Waals surface area contributed by atoms with E-state index in [9.17, 15) is 13.6 Å². The van der Waals surface area contributed by atoms with Gasteiger partial charge in [-0.1, -0.05) is 13.8 Å². The van der Waals surface area contributed by atoms with Crippen LogP contribution in [-0.2, 0) is 4.79 Å². The zero-order valence-electron chi connectivity index (χ0n) is 7.65. The number of rotatable bonds is 6. The number of Topliss-reactive ketones (excluding diaryl/α,β-unsaturated/α-hetero) is 1. The summed E-state index contributed by atoms with van der Waals surface area (Å²) in [6, 6.07) is 0. The Bertz CT molecular complexity index is 132. The smallest absolute Gasteiger partial charge is 0.238 e. The van der Waals surface area contributed by atoms with E-state index in [1.807, 2.05) is 13.8 Å². The lowest BCUT2D eigenvalue weighted by atomic mass is 10.0. The van der Waals surface area contributed by atoms with Crippen LogP contribution in [0, 0.1) is 5.92 Å². The molecule has 0 radical (unpaired) electrons. The molecule has 0 aliphatic carbocycles. The fourth-order valence-corrected chi connectivity index (χ4v) is 1.01. The molecule has 0 aromatic rings. The van der Waals surface area contributed by atoms with Crippen molar-refractivity contribution in [3.8, 4) is 0 Å². The molecule has 0 rings (SSSR count). The molecule has 1 nitrogen and oxygen atoms in total. The van der Waals surface area contributed by atoms with Gasteiger partial charge >= 0.3 is 0 Å². The van der Waals surface area contributed by atoms with Crippen molar-refractivity contribution >= 4 is 5.78 Å². The zero-order chi connectivity index (χ0) is 9.56. The van der Waals surface area contributed by atoms with Crippen LogP contribution in [0.3, 0.4) is 0 Å². The van der Waals surface area contributed by atoms with Gasteiger partial charge in [-0.25, -0.2) is 8.78 Å². The average Bonchev–Trinajstić information content (AvgIpc) is 1.84. The normalized spacial score (nSPS) is 11.2. The number of carbonyl (C=O) groups excluding carboxylic acids is 1. The average molecular weight is 178 g/mol. The highest BCUT2D eigenvalue weighted by molar-refractivity contribution is 5.78. The molecule has 0 spiro atoms. The summed E-state index contributed by atoms with van der Waals surface area (Å²) < 4.78 is 23.3. The number of ketones is 1.